The molecule has 2 aromatic heterocycles. The fourth-order valence-electron chi connectivity index (χ4n) is 8.85. The minimum absolute atomic E-state index is 0. The molecule has 2 bridgehead atoms. The van der Waals surface area contributed by atoms with Gasteiger partial charge in [0, 0.05) is 24.3 Å². The lowest BCUT2D eigenvalue weighted by atomic mass is 9.99. The van der Waals surface area contributed by atoms with Crippen LogP contribution in [0.2, 0.25) is 0 Å². The summed E-state index contributed by atoms with van der Waals surface area (Å²) in [4.78, 5) is 72.4. The third kappa shape index (κ3) is 12.5. The molecule has 4 aromatic rings. The van der Waals surface area contributed by atoms with E-state index in [0.717, 1.165) is 122 Å². The van der Waals surface area contributed by atoms with Gasteiger partial charge in [-0.1, -0.05) is 94.5 Å². The van der Waals surface area contributed by atoms with Crippen LogP contribution in [0.25, 0.3) is 33.6 Å². The molecule has 0 radical (unpaired) electrons. The van der Waals surface area contributed by atoms with Crippen molar-refractivity contribution in [2.75, 3.05) is 27.3 Å². The highest BCUT2D eigenvalue weighted by molar-refractivity contribution is 7.59. The average molecular weight is 943 g/mol. The van der Waals surface area contributed by atoms with Crippen molar-refractivity contribution in [1.82, 2.24) is 40.4 Å². The lowest BCUT2D eigenvalue weighted by Gasteiger charge is -2.30. The number of aryl methyl sites for hydroxylation is 1. The lowest BCUT2D eigenvalue weighted by Crippen LogP contribution is -2.51. The summed E-state index contributed by atoms with van der Waals surface area (Å²) < 4.78 is 9.64. The van der Waals surface area contributed by atoms with Crippen molar-refractivity contribution in [2.45, 2.75) is 115 Å². The van der Waals surface area contributed by atoms with E-state index in [-0.39, 0.29) is 83.8 Å². The van der Waals surface area contributed by atoms with Crippen LogP contribution >= 0.6 is 54.0 Å². The highest BCUT2D eigenvalue weighted by Gasteiger charge is 2.38. The molecule has 14 nitrogen and oxygen atoms in total. The van der Waals surface area contributed by atoms with E-state index in [4.69, 9.17) is 19.4 Å². The van der Waals surface area contributed by atoms with Crippen molar-refractivity contribution in [3.8, 4) is 33.6 Å². The summed E-state index contributed by atoms with van der Waals surface area (Å²) in [6.45, 7) is 5.03. The number of amides is 4. The van der Waals surface area contributed by atoms with E-state index < -0.39 is 24.3 Å². The summed E-state index contributed by atoms with van der Waals surface area (Å²) in [6, 6.07) is 15.2. The summed E-state index contributed by atoms with van der Waals surface area (Å²) >= 11 is 0. The number of hydrogen-bond donors (Lipinski definition) is 4. The molecule has 4 N–H and O–H groups in total. The molecule has 0 spiro atoms. The Hall–Kier alpha value is -4.26. The molecule has 2 fully saturated rings. The molecule has 0 unspecified atom stereocenters. The summed E-state index contributed by atoms with van der Waals surface area (Å²) in [5.74, 6) is 1.22. The number of rotatable bonds is 8. The van der Waals surface area contributed by atoms with Crippen molar-refractivity contribution in [3.63, 3.8) is 0 Å². The molecule has 4 atom stereocenters. The Morgan fingerprint density at radius 3 is 1.94 bits per heavy atom. The van der Waals surface area contributed by atoms with Crippen molar-refractivity contribution in [2.24, 2.45) is 5.92 Å². The number of nitrogens with zero attached hydrogens (tertiary/aromatic N) is 4. The van der Waals surface area contributed by atoms with Crippen LogP contribution in [0.5, 0.6) is 0 Å². The second-order valence-electron chi connectivity index (χ2n) is 16.4. The van der Waals surface area contributed by atoms with E-state index in [1.54, 1.807) is 0 Å². The Labute approximate surface area is 399 Å². The normalized spacial score (nSPS) is 19.4. The van der Waals surface area contributed by atoms with Gasteiger partial charge in [-0.05, 0) is 67.6 Å². The van der Waals surface area contributed by atoms with Gasteiger partial charge in [0.15, 0.2) is 0 Å². The van der Waals surface area contributed by atoms with Crippen LogP contribution in [0.4, 0.5) is 9.59 Å². The van der Waals surface area contributed by atoms with Crippen LogP contribution in [0.1, 0.15) is 114 Å². The van der Waals surface area contributed by atoms with Crippen molar-refractivity contribution in [1.29, 1.82) is 0 Å². The van der Waals surface area contributed by atoms with Crippen LogP contribution < -0.4 is 10.6 Å². The second-order valence-corrected chi connectivity index (χ2v) is 16.4. The van der Waals surface area contributed by atoms with Gasteiger partial charge in [-0.25, -0.2) is 19.6 Å². The van der Waals surface area contributed by atoms with Gasteiger partial charge in [0.2, 0.25) is 11.8 Å². The molecule has 5 heterocycles. The first kappa shape index (κ1) is 53.1. The molecule has 0 saturated carbocycles. The highest BCUT2D eigenvalue weighted by atomic mass is 32.1. The molecule has 4 amide bonds. The van der Waals surface area contributed by atoms with E-state index in [9.17, 15) is 19.2 Å². The number of likely N-dealkylation sites (tertiary alicyclic amines) is 1. The fraction of sp³-hybridized carbons (Fsp3) is 0.511. The fourth-order valence-corrected chi connectivity index (χ4v) is 8.85. The Morgan fingerprint density at radius 2 is 1.29 bits per heavy atom. The molecular formula is C45H66N8O6S4. The standard InChI is InChI=1S/C45H58N8O6.4H2S/c1-28(2)38(51-45(57)59-4)43(55)53-26-11-15-36(53)40-46-27-35(48-40)31-21-17-29(18-22-31)30-19-23-32(24-20-30)39-33-13-9-7-5-6-8-10-14-34(49-44(56)58-3)42(54)52-25-12-16-37(52)41(47-33)50-39;;;;/h17-24,27-28,34,36-38H,5-16,25-26H2,1-4H3,(H,46,48)(H,47,50)(H,49,56)(H,51,57);4*1H2/t34-,36-,37-,38-;;;;/m0..../s1. The average Bonchev–Trinajstić information content (AvgIpc) is 4.09. The van der Waals surface area contributed by atoms with E-state index >= 15 is 0 Å². The number of ether oxygens (including phenoxy) is 2. The zero-order valence-corrected chi connectivity index (χ0v) is 40.7. The molecule has 7 rings (SSSR count). The van der Waals surface area contributed by atoms with Gasteiger partial charge in [0.05, 0.1) is 43.9 Å². The molecule has 18 heteroatoms. The maximum atomic E-state index is 13.9. The zero-order valence-electron chi connectivity index (χ0n) is 36.7. The largest absolute Gasteiger partial charge is 0.453 e. The Balaban J connectivity index is 0.00000264. The lowest BCUT2D eigenvalue weighted by molar-refractivity contribution is -0.135. The van der Waals surface area contributed by atoms with E-state index in [0.29, 0.717) is 19.5 Å². The zero-order chi connectivity index (χ0) is 41.5. The molecule has 2 aromatic carbocycles. The van der Waals surface area contributed by atoms with Crippen molar-refractivity contribution < 1.29 is 28.7 Å². The Bertz CT molecular complexity index is 2100. The SMILES string of the molecule is COC(=O)N[C@H]1CCCCCCCCc2[nH]c(nc2-c2ccc(-c3ccc(-c4cnc([C@@H]5CCCN5C(=O)[C@@H](NC(=O)OC)C(C)C)[nH]4)cc3)cc2)[C@@H]2CCCN2C1=O.S.S.S.S. The topological polar surface area (TPSA) is 175 Å². The highest BCUT2D eigenvalue weighted by Crippen LogP contribution is 2.36. The number of carbonyl (C=O) groups excluding carboxylic acids is 4. The van der Waals surface area contributed by atoms with Gasteiger partial charge >= 0.3 is 12.2 Å². The number of nitrogens with one attached hydrogen (secondary N) is 4. The number of hydrogen-bond acceptors (Lipinski definition) is 8. The maximum absolute atomic E-state index is 13.9. The summed E-state index contributed by atoms with van der Waals surface area (Å²) in [5, 5.41) is 5.51. The number of methoxy groups -OCH3 is 2. The van der Waals surface area contributed by atoms with Crippen LogP contribution in [0, 0.1) is 5.92 Å². The Kier molecular flexibility index (Phi) is 20.8. The Morgan fingerprint density at radius 1 is 0.698 bits per heavy atom. The van der Waals surface area contributed by atoms with Crippen LogP contribution in [0.15, 0.2) is 54.7 Å². The van der Waals surface area contributed by atoms with E-state index in [2.05, 4.69) is 69.1 Å². The summed E-state index contributed by atoms with van der Waals surface area (Å²) in [6.07, 6.45) is 11.7. The number of fused-ring (bicyclic) bond motifs is 4. The van der Waals surface area contributed by atoms with Crippen LogP contribution in [0.3, 0.4) is 0 Å². The predicted molar refractivity (Wildman–Crippen MR) is 265 cm³/mol. The molecule has 3 aliphatic heterocycles. The van der Waals surface area contributed by atoms with Crippen molar-refractivity contribution in [3.05, 3.63) is 72.1 Å². The first-order chi connectivity index (χ1) is 28.6. The number of imidazole rings is 2. The number of carbonyl (C=O) groups is 4. The molecule has 0 aliphatic carbocycles. The van der Waals surface area contributed by atoms with E-state index in [1.807, 2.05) is 29.8 Å². The molecule has 63 heavy (non-hydrogen) atoms. The van der Waals surface area contributed by atoms with Gasteiger partial charge < -0.3 is 39.9 Å². The second kappa shape index (κ2) is 24.7. The summed E-state index contributed by atoms with van der Waals surface area (Å²) in [7, 11) is 2.62. The molecule has 346 valence electrons. The number of H-pyrrole nitrogens is 2. The minimum atomic E-state index is -0.687. The maximum Gasteiger partial charge on any atom is 0.407 e. The minimum Gasteiger partial charge on any atom is -0.453 e. The third-order valence-electron chi connectivity index (χ3n) is 12.1. The first-order valence-electron chi connectivity index (χ1n) is 21.3. The number of benzene rings is 2. The molecule has 3 aliphatic rings. The molecular weight excluding hydrogens is 877 g/mol. The van der Waals surface area contributed by atoms with Gasteiger partial charge in [0.1, 0.15) is 23.7 Å². The van der Waals surface area contributed by atoms with Gasteiger partial charge in [0.25, 0.3) is 0 Å². The summed E-state index contributed by atoms with van der Waals surface area (Å²) in [5.41, 5.74) is 7.05. The van der Waals surface area contributed by atoms with Gasteiger partial charge in [-0.15, -0.1) is 0 Å². The smallest absolute Gasteiger partial charge is 0.407 e. The van der Waals surface area contributed by atoms with Crippen molar-refractivity contribution >= 4 is 78.0 Å². The van der Waals surface area contributed by atoms with Crippen LogP contribution in [-0.4, -0.2) is 93.1 Å². The first-order valence-corrected chi connectivity index (χ1v) is 21.3. The number of aromatic amines is 2. The quantitative estimate of drug-likeness (QED) is 0.137. The number of alkyl carbamates (subject to hydrolysis) is 2. The monoisotopic (exact) mass is 942 g/mol. The van der Waals surface area contributed by atoms with Gasteiger partial charge in [-0.3, -0.25) is 9.59 Å². The van der Waals surface area contributed by atoms with E-state index in [1.165, 1.54) is 14.2 Å². The van der Waals surface area contributed by atoms with Gasteiger partial charge in [-0.2, -0.15) is 54.0 Å². The molecule has 2 saturated heterocycles. The predicted octanol–water partition coefficient (Wildman–Crippen LogP) is 8.30. The third-order valence-corrected chi connectivity index (χ3v) is 12.1. The number of aromatic nitrogens is 4. The van der Waals surface area contributed by atoms with Crippen LogP contribution in [-0.2, 0) is 25.5 Å².